The van der Waals surface area contributed by atoms with E-state index in [0.29, 0.717) is 6.42 Å². The van der Waals surface area contributed by atoms with Crippen LogP contribution in [0.15, 0.2) is 0 Å². The Bertz CT molecular complexity index is 1050. The molecule has 0 heterocycles. The van der Waals surface area contributed by atoms with Crippen molar-refractivity contribution in [2.45, 2.75) is 89.2 Å². The van der Waals surface area contributed by atoms with Crippen LogP contribution in [0.4, 0.5) is 0 Å². The fraction of sp³-hybridized carbons (Fsp3) is 0.680. The van der Waals surface area contributed by atoms with E-state index in [4.69, 9.17) is 21.1 Å². The number of hydrogen-bond acceptors (Lipinski definition) is 11. The average molecular weight is 635 g/mol. The third kappa shape index (κ3) is 14.2. The summed E-state index contributed by atoms with van der Waals surface area (Å²) >= 11 is 0. The molecule has 19 heteroatoms. The van der Waals surface area contributed by atoms with Gasteiger partial charge < -0.3 is 57.9 Å². The Morgan fingerprint density at radius 1 is 0.659 bits per heavy atom. The topological polar surface area (TPSA) is 324 Å². The number of nitrogens with one attached hydrogen (secondary N) is 5. The molecule has 0 bridgehead atoms. The fourth-order valence-electron chi connectivity index (χ4n) is 3.65. The molecule has 0 saturated heterocycles. The molecule has 19 nitrogen and oxygen atoms in total. The number of aliphatic hydroxyl groups is 2. The van der Waals surface area contributed by atoms with E-state index in [0.717, 1.165) is 6.92 Å². The lowest BCUT2D eigenvalue weighted by molar-refractivity contribution is -0.144. The van der Waals surface area contributed by atoms with Crippen LogP contribution in [0.5, 0.6) is 0 Å². The van der Waals surface area contributed by atoms with Gasteiger partial charge in [0.2, 0.25) is 29.5 Å². The van der Waals surface area contributed by atoms with Crippen LogP contribution in [0.2, 0.25) is 0 Å². The maximum absolute atomic E-state index is 13.1. The highest BCUT2D eigenvalue weighted by molar-refractivity contribution is 5.96. The van der Waals surface area contributed by atoms with Crippen molar-refractivity contribution in [2.24, 2.45) is 11.7 Å². The molecule has 0 aliphatic heterocycles. The normalized spacial score (nSPS) is 15.6. The number of nitrogens with two attached hydrogens (primary N) is 1. The summed E-state index contributed by atoms with van der Waals surface area (Å²) in [5.41, 5.74) is 5.30. The third-order valence-electron chi connectivity index (χ3n) is 6.42. The van der Waals surface area contributed by atoms with Crippen molar-refractivity contribution >= 4 is 47.4 Å². The molecular weight excluding hydrogens is 592 g/mol. The standard InChI is InChI=1S/C25H42N6O13/c1-4-11(2)19(30-16(34)9-26)23(41)31-20(12(3)33)24(42)28-14(6-8-18(37)38)21(39)27-13(5-7-17(35)36)22(40)29-15(10-32)25(43)44/h11-15,19-20,32-33H,4-10,26H2,1-3H3,(H,27,39)(H,28,42)(H,29,40)(H,30,34)(H,31,41)(H,35,36)(H,37,38)(H,43,44). The van der Waals surface area contributed by atoms with Crippen molar-refractivity contribution in [3.8, 4) is 0 Å². The Kier molecular flexibility index (Phi) is 17.8. The van der Waals surface area contributed by atoms with Crippen LogP contribution >= 0.6 is 0 Å². The molecule has 7 atom stereocenters. The second-order valence-electron chi connectivity index (χ2n) is 9.93. The second kappa shape index (κ2) is 19.8. The first-order valence-electron chi connectivity index (χ1n) is 13.6. The molecule has 5 amide bonds. The fourth-order valence-corrected chi connectivity index (χ4v) is 3.65. The maximum Gasteiger partial charge on any atom is 0.328 e. The summed E-state index contributed by atoms with van der Waals surface area (Å²) in [6, 6.07) is -8.05. The predicted molar refractivity (Wildman–Crippen MR) is 148 cm³/mol. The van der Waals surface area contributed by atoms with Crippen LogP contribution in [0.3, 0.4) is 0 Å². The van der Waals surface area contributed by atoms with Gasteiger partial charge in [-0.25, -0.2) is 4.79 Å². The summed E-state index contributed by atoms with van der Waals surface area (Å²) < 4.78 is 0. The molecule has 0 aromatic heterocycles. The minimum absolute atomic E-state index is 0.425. The molecule has 0 fully saturated rings. The van der Waals surface area contributed by atoms with Crippen LogP contribution in [-0.4, -0.2) is 122 Å². The van der Waals surface area contributed by atoms with E-state index in [1.807, 2.05) is 5.32 Å². The van der Waals surface area contributed by atoms with Gasteiger partial charge in [0.15, 0.2) is 0 Å². The molecule has 7 unspecified atom stereocenters. The molecule has 0 saturated carbocycles. The Morgan fingerprint density at radius 2 is 1.09 bits per heavy atom. The highest BCUT2D eigenvalue weighted by atomic mass is 16.4. The number of aliphatic carboxylic acids is 3. The number of rotatable bonds is 21. The summed E-state index contributed by atoms with van der Waals surface area (Å²) in [5, 5.41) is 57.6. The summed E-state index contributed by atoms with van der Waals surface area (Å²) in [6.45, 7) is 3.06. The van der Waals surface area contributed by atoms with E-state index >= 15 is 0 Å². The van der Waals surface area contributed by atoms with Crippen LogP contribution in [0, 0.1) is 5.92 Å². The van der Waals surface area contributed by atoms with E-state index in [2.05, 4.69) is 21.3 Å². The maximum atomic E-state index is 13.1. The van der Waals surface area contributed by atoms with E-state index < -0.39 is 129 Å². The van der Waals surface area contributed by atoms with Gasteiger partial charge in [0.1, 0.15) is 30.2 Å². The zero-order valence-corrected chi connectivity index (χ0v) is 24.6. The van der Waals surface area contributed by atoms with Crippen molar-refractivity contribution in [1.29, 1.82) is 0 Å². The van der Waals surface area contributed by atoms with Crippen molar-refractivity contribution in [1.82, 2.24) is 26.6 Å². The van der Waals surface area contributed by atoms with Crippen LogP contribution in [0.25, 0.3) is 0 Å². The Balaban J connectivity index is 6.07. The lowest BCUT2D eigenvalue weighted by Crippen LogP contribution is -2.61. The predicted octanol–water partition coefficient (Wildman–Crippen LogP) is -4.40. The number of hydrogen-bond donors (Lipinski definition) is 11. The van der Waals surface area contributed by atoms with Gasteiger partial charge in [-0.2, -0.15) is 0 Å². The number of carboxylic acid groups (broad SMARTS) is 3. The van der Waals surface area contributed by atoms with Gasteiger partial charge in [-0.1, -0.05) is 20.3 Å². The quantitative estimate of drug-likeness (QED) is 0.0568. The molecule has 0 aliphatic rings. The molecule has 0 radical (unpaired) electrons. The first kappa shape index (κ1) is 39.6. The summed E-state index contributed by atoms with van der Waals surface area (Å²) in [4.78, 5) is 97.2. The van der Waals surface area contributed by atoms with Gasteiger partial charge >= 0.3 is 17.9 Å². The molecule has 0 aliphatic carbocycles. The van der Waals surface area contributed by atoms with Crippen molar-refractivity contribution < 1.29 is 63.9 Å². The van der Waals surface area contributed by atoms with Crippen molar-refractivity contribution in [3.05, 3.63) is 0 Å². The number of aliphatic hydroxyl groups excluding tert-OH is 2. The number of carbonyl (C=O) groups is 8. The lowest BCUT2D eigenvalue weighted by Gasteiger charge is -2.29. The third-order valence-corrected chi connectivity index (χ3v) is 6.42. The lowest BCUT2D eigenvalue weighted by atomic mass is 9.97. The van der Waals surface area contributed by atoms with E-state index in [-0.39, 0.29) is 0 Å². The molecule has 12 N–H and O–H groups in total. The molecule has 44 heavy (non-hydrogen) atoms. The van der Waals surface area contributed by atoms with Crippen LogP contribution in [-0.2, 0) is 38.4 Å². The Labute approximate surface area is 252 Å². The average Bonchev–Trinajstić information content (AvgIpc) is 2.95. The van der Waals surface area contributed by atoms with E-state index in [1.165, 1.54) is 0 Å². The summed E-state index contributed by atoms with van der Waals surface area (Å²) in [7, 11) is 0. The first-order chi connectivity index (χ1) is 20.5. The highest BCUT2D eigenvalue weighted by Gasteiger charge is 2.35. The van der Waals surface area contributed by atoms with Crippen LogP contribution in [0.1, 0.15) is 52.9 Å². The van der Waals surface area contributed by atoms with E-state index in [1.54, 1.807) is 13.8 Å². The van der Waals surface area contributed by atoms with Gasteiger partial charge in [-0.05, 0) is 25.7 Å². The molecular formula is C25H42N6O13. The van der Waals surface area contributed by atoms with Gasteiger partial charge in [-0.15, -0.1) is 0 Å². The monoisotopic (exact) mass is 634 g/mol. The zero-order chi connectivity index (χ0) is 34.1. The SMILES string of the molecule is CCC(C)C(NC(=O)CN)C(=O)NC(C(=O)NC(CCC(=O)O)C(=O)NC(CCC(=O)O)C(=O)NC(CO)C(=O)O)C(C)O. The van der Waals surface area contributed by atoms with Gasteiger partial charge in [0.05, 0.1) is 19.3 Å². The zero-order valence-electron chi connectivity index (χ0n) is 24.6. The minimum Gasteiger partial charge on any atom is -0.481 e. The van der Waals surface area contributed by atoms with E-state index in [9.17, 15) is 48.6 Å². The number of carboxylic acids is 3. The molecule has 250 valence electrons. The summed E-state index contributed by atoms with van der Waals surface area (Å²) in [5.74, 6) is -9.85. The Morgan fingerprint density at radius 3 is 1.45 bits per heavy atom. The smallest absolute Gasteiger partial charge is 0.328 e. The summed E-state index contributed by atoms with van der Waals surface area (Å²) in [6.07, 6.45) is -3.60. The van der Waals surface area contributed by atoms with Crippen molar-refractivity contribution in [2.75, 3.05) is 13.2 Å². The largest absolute Gasteiger partial charge is 0.481 e. The first-order valence-corrected chi connectivity index (χ1v) is 13.6. The number of carbonyl (C=O) groups excluding carboxylic acids is 5. The molecule has 0 aromatic rings. The van der Waals surface area contributed by atoms with Gasteiger partial charge in [0.25, 0.3) is 0 Å². The number of amides is 5. The van der Waals surface area contributed by atoms with Gasteiger partial charge in [0, 0.05) is 12.8 Å². The van der Waals surface area contributed by atoms with Crippen molar-refractivity contribution in [3.63, 3.8) is 0 Å². The highest BCUT2D eigenvalue weighted by Crippen LogP contribution is 2.10. The Hall–Kier alpha value is -4.36. The molecule has 0 aromatic carbocycles. The second-order valence-corrected chi connectivity index (χ2v) is 9.93. The minimum atomic E-state index is -1.79. The molecule has 0 spiro atoms. The van der Waals surface area contributed by atoms with Gasteiger partial charge in [-0.3, -0.25) is 33.6 Å². The van der Waals surface area contributed by atoms with Crippen LogP contribution < -0.4 is 32.3 Å². The molecule has 0 rings (SSSR count).